The third kappa shape index (κ3) is 2.23. The van der Waals surface area contributed by atoms with Crippen LogP contribution in [0.25, 0.3) is 10.6 Å². The number of aromatic nitrogens is 1. The number of methoxy groups -OCH3 is 1. The number of nitrogens with zero attached hydrogens (tertiary/aromatic N) is 1. The fourth-order valence-corrected chi connectivity index (χ4v) is 2.56. The zero-order chi connectivity index (χ0) is 13.3. The van der Waals surface area contributed by atoms with Crippen LogP contribution in [-0.4, -0.2) is 18.1 Å². The number of nitrogens with two attached hydrogens (primary N) is 1. The summed E-state index contributed by atoms with van der Waals surface area (Å²) in [5.74, 6) is -1.08. The Kier molecular flexibility index (Phi) is 3.63. The van der Waals surface area contributed by atoms with E-state index in [-0.39, 0.29) is 16.3 Å². The number of halogens is 2. The van der Waals surface area contributed by atoms with Crippen LogP contribution in [0.15, 0.2) is 22.7 Å². The van der Waals surface area contributed by atoms with Gasteiger partial charge in [-0.3, -0.25) is 0 Å². The van der Waals surface area contributed by atoms with E-state index in [2.05, 4.69) is 25.7 Å². The van der Waals surface area contributed by atoms with Crippen LogP contribution in [0.5, 0.6) is 0 Å². The molecule has 1 heterocycles. The highest BCUT2D eigenvalue weighted by Gasteiger charge is 2.19. The molecule has 7 heteroatoms. The van der Waals surface area contributed by atoms with Crippen LogP contribution in [0.2, 0.25) is 0 Å². The molecule has 4 nitrogen and oxygen atoms in total. The summed E-state index contributed by atoms with van der Waals surface area (Å²) < 4.78 is 18.7. The number of ether oxygens (including phenoxy) is 1. The standard InChI is InChI=1S/C11H8BrFN2O2S/c1-17-11(16)8-9(14)18-10(15-8)5-3-2-4-6(12)7(5)13/h2-4H,14H2,1H3. The van der Waals surface area contributed by atoms with E-state index in [4.69, 9.17) is 5.73 Å². The first-order valence-corrected chi connectivity index (χ1v) is 6.44. The number of carbonyl (C=O) groups is 1. The largest absolute Gasteiger partial charge is 0.464 e. The quantitative estimate of drug-likeness (QED) is 0.859. The van der Waals surface area contributed by atoms with Crippen molar-refractivity contribution in [3.63, 3.8) is 0 Å². The highest BCUT2D eigenvalue weighted by atomic mass is 79.9. The molecule has 0 saturated heterocycles. The van der Waals surface area contributed by atoms with Crippen molar-refractivity contribution in [3.8, 4) is 10.6 Å². The molecule has 1 aromatic carbocycles. The maximum Gasteiger partial charge on any atom is 0.359 e. The maximum absolute atomic E-state index is 13.9. The molecule has 0 radical (unpaired) electrons. The van der Waals surface area contributed by atoms with E-state index in [1.54, 1.807) is 18.2 Å². The SMILES string of the molecule is COC(=O)c1nc(-c2cccc(Br)c2F)sc1N. The van der Waals surface area contributed by atoms with Gasteiger partial charge in [-0.25, -0.2) is 14.2 Å². The Bertz CT molecular complexity index is 615. The summed E-state index contributed by atoms with van der Waals surface area (Å²) in [7, 11) is 1.24. The van der Waals surface area contributed by atoms with Crippen LogP contribution >= 0.6 is 27.3 Å². The number of hydrogen-bond donors (Lipinski definition) is 1. The Morgan fingerprint density at radius 2 is 2.28 bits per heavy atom. The van der Waals surface area contributed by atoms with Crippen LogP contribution in [0, 0.1) is 5.82 Å². The first kappa shape index (κ1) is 13.0. The highest BCUT2D eigenvalue weighted by Crippen LogP contribution is 2.34. The van der Waals surface area contributed by atoms with Gasteiger partial charge in [0.2, 0.25) is 0 Å². The average Bonchev–Trinajstić information content (AvgIpc) is 2.73. The normalized spacial score (nSPS) is 10.4. The summed E-state index contributed by atoms with van der Waals surface area (Å²) in [6, 6.07) is 4.83. The number of esters is 1. The third-order valence-corrected chi connectivity index (χ3v) is 3.74. The molecule has 94 valence electrons. The fraction of sp³-hybridized carbons (Fsp3) is 0.0909. The van der Waals surface area contributed by atoms with Gasteiger partial charge in [0.25, 0.3) is 0 Å². The summed E-state index contributed by atoms with van der Waals surface area (Å²) in [5.41, 5.74) is 5.96. The number of hydrogen-bond acceptors (Lipinski definition) is 5. The van der Waals surface area contributed by atoms with Crippen LogP contribution < -0.4 is 5.73 Å². The van der Waals surface area contributed by atoms with E-state index in [1.807, 2.05) is 0 Å². The molecule has 18 heavy (non-hydrogen) atoms. The van der Waals surface area contributed by atoms with Gasteiger partial charge in [-0.1, -0.05) is 17.4 Å². The Hall–Kier alpha value is -1.47. The van der Waals surface area contributed by atoms with Gasteiger partial charge in [-0.2, -0.15) is 0 Å². The van der Waals surface area contributed by atoms with Gasteiger partial charge in [-0.15, -0.1) is 0 Å². The van der Waals surface area contributed by atoms with E-state index in [9.17, 15) is 9.18 Å². The summed E-state index contributed by atoms with van der Waals surface area (Å²) in [6.45, 7) is 0. The van der Waals surface area contributed by atoms with Crippen LogP contribution in [0.1, 0.15) is 10.5 Å². The van der Waals surface area contributed by atoms with Gasteiger partial charge in [-0.05, 0) is 28.1 Å². The Morgan fingerprint density at radius 3 is 2.94 bits per heavy atom. The minimum absolute atomic E-state index is 0.0110. The van der Waals surface area contributed by atoms with E-state index in [0.29, 0.717) is 9.48 Å². The van der Waals surface area contributed by atoms with Gasteiger partial charge in [0.05, 0.1) is 11.6 Å². The summed E-state index contributed by atoms with van der Waals surface area (Å²) in [4.78, 5) is 15.4. The van der Waals surface area contributed by atoms with Crippen molar-refractivity contribution in [2.24, 2.45) is 0 Å². The first-order valence-electron chi connectivity index (χ1n) is 4.83. The molecule has 2 aromatic rings. The van der Waals surface area contributed by atoms with Crippen LogP contribution in [0.3, 0.4) is 0 Å². The lowest BCUT2D eigenvalue weighted by atomic mass is 10.2. The second-order valence-electron chi connectivity index (χ2n) is 3.32. The summed E-state index contributed by atoms with van der Waals surface area (Å²) in [5, 5.41) is 0.544. The van der Waals surface area contributed by atoms with Gasteiger partial charge >= 0.3 is 5.97 Å². The minimum Gasteiger partial charge on any atom is -0.464 e. The van der Waals surface area contributed by atoms with Crippen LogP contribution in [-0.2, 0) is 4.74 Å². The maximum atomic E-state index is 13.9. The Balaban J connectivity index is 2.53. The lowest BCUT2D eigenvalue weighted by Gasteiger charge is -2.00. The molecule has 0 unspecified atom stereocenters. The summed E-state index contributed by atoms with van der Waals surface area (Å²) >= 11 is 4.13. The number of nitrogen functional groups attached to an aromatic ring is 1. The van der Waals surface area contributed by atoms with Gasteiger partial charge in [0.15, 0.2) is 5.69 Å². The molecular formula is C11H8BrFN2O2S. The topological polar surface area (TPSA) is 65.2 Å². The molecule has 0 aliphatic rings. The second-order valence-corrected chi connectivity index (χ2v) is 5.21. The van der Waals surface area contributed by atoms with Crippen molar-refractivity contribution in [3.05, 3.63) is 34.2 Å². The molecule has 0 aliphatic carbocycles. The molecular weight excluding hydrogens is 323 g/mol. The third-order valence-electron chi connectivity index (χ3n) is 2.21. The number of rotatable bonds is 2. The molecule has 0 fully saturated rings. The summed E-state index contributed by atoms with van der Waals surface area (Å²) in [6.07, 6.45) is 0. The molecule has 0 amide bonds. The van der Waals surface area contributed by atoms with E-state index < -0.39 is 11.8 Å². The van der Waals surface area contributed by atoms with Crippen molar-refractivity contribution >= 4 is 38.2 Å². The van der Waals surface area contributed by atoms with Crippen molar-refractivity contribution in [2.75, 3.05) is 12.8 Å². The van der Waals surface area contributed by atoms with E-state index in [1.165, 1.54) is 7.11 Å². The van der Waals surface area contributed by atoms with Crippen molar-refractivity contribution in [1.82, 2.24) is 4.98 Å². The molecule has 0 bridgehead atoms. The molecule has 0 aliphatic heterocycles. The van der Waals surface area contributed by atoms with Gasteiger partial charge < -0.3 is 10.5 Å². The number of thiazole rings is 1. The first-order chi connectivity index (χ1) is 8.54. The van der Waals surface area contributed by atoms with E-state index in [0.717, 1.165) is 11.3 Å². The predicted octanol–water partition coefficient (Wildman–Crippen LogP) is 3.08. The van der Waals surface area contributed by atoms with Crippen LogP contribution in [0.4, 0.5) is 9.39 Å². The zero-order valence-electron chi connectivity index (χ0n) is 9.24. The molecule has 2 N–H and O–H groups in total. The van der Waals surface area contributed by atoms with Crippen molar-refractivity contribution in [1.29, 1.82) is 0 Å². The predicted molar refractivity (Wildman–Crippen MR) is 71.0 cm³/mol. The molecule has 0 saturated carbocycles. The average molecular weight is 331 g/mol. The fourth-order valence-electron chi connectivity index (χ4n) is 1.36. The van der Waals surface area contributed by atoms with Gasteiger partial charge in [0, 0.05) is 5.56 Å². The highest BCUT2D eigenvalue weighted by molar-refractivity contribution is 9.10. The molecule has 2 rings (SSSR count). The van der Waals surface area contributed by atoms with Gasteiger partial charge in [0.1, 0.15) is 15.8 Å². The van der Waals surface area contributed by atoms with Crippen molar-refractivity contribution in [2.45, 2.75) is 0 Å². The smallest absolute Gasteiger partial charge is 0.359 e. The molecule has 0 spiro atoms. The second kappa shape index (κ2) is 5.03. The van der Waals surface area contributed by atoms with Crippen molar-refractivity contribution < 1.29 is 13.9 Å². The molecule has 0 atom stereocenters. The number of benzene rings is 1. The number of anilines is 1. The lowest BCUT2D eigenvalue weighted by Crippen LogP contribution is -2.04. The zero-order valence-corrected chi connectivity index (χ0v) is 11.6. The Labute approximate surface area is 115 Å². The van der Waals surface area contributed by atoms with E-state index >= 15 is 0 Å². The Morgan fingerprint density at radius 1 is 1.56 bits per heavy atom. The monoisotopic (exact) mass is 330 g/mol. The molecule has 1 aromatic heterocycles. The lowest BCUT2D eigenvalue weighted by molar-refractivity contribution is 0.0596. The number of carbonyl (C=O) groups excluding carboxylic acids is 1. The minimum atomic E-state index is -0.634.